The summed E-state index contributed by atoms with van der Waals surface area (Å²) in [7, 11) is -2.90. The van der Waals surface area contributed by atoms with Crippen LogP contribution in [0.3, 0.4) is 0 Å². The number of aromatic amines is 1. The van der Waals surface area contributed by atoms with Gasteiger partial charge in [-0.15, -0.1) is 0 Å². The molecule has 7 nitrogen and oxygen atoms in total. The number of H-pyrrole nitrogens is 1. The van der Waals surface area contributed by atoms with E-state index in [4.69, 9.17) is 0 Å². The minimum Gasteiger partial charge on any atom is -0.345 e. The zero-order valence-corrected chi connectivity index (χ0v) is 17.1. The Balaban J connectivity index is 1.44. The number of carbonyl (C=O) groups excluding carboxylic acids is 2. The van der Waals surface area contributed by atoms with E-state index in [2.05, 4.69) is 9.97 Å². The number of benzene rings is 2. The van der Waals surface area contributed by atoms with Crippen molar-refractivity contribution in [3.63, 3.8) is 0 Å². The van der Waals surface area contributed by atoms with Crippen LogP contribution in [-0.2, 0) is 19.4 Å². The van der Waals surface area contributed by atoms with Crippen molar-refractivity contribution in [3.8, 4) is 0 Å². The van der Waals surface area contributed by atoms with E-state index < -0.39 is 15.9 Å². The number of hydrogen-bond acceptors (Lipinski definition) is 5. The molecule has 1 aromatic heterocycles. The van der Waals surface area contributed by atoms with Crippen LogP contribution in [0.1, 0.15) is 42.3 Å². The third-order valence-corrected chi connectivity index (χ3v) is 7.83. The van der Waals surface area contributed by atoms with Crippen molar-refractivity contribution in [1.29, 1.82) is 0 Å². The maximum Gasteiger partial charge on any atom is 0.235 e. The number of aromatic nitrogens is 2. The van der Waals surface area contributed by atoms with E-state index in [9.17, 15) is 18.0 Å². The molecule has 2 saturated heterocycles. The summed E-state index contributed by atoms with van der Waals surface area (Å²) in [5.41, 5.74) is 4.11. The van der Waals surface area contributed by atoms with Gasteiger partial charge in [-0.25, -0.2) is 13.4 Å². The van der Waals surface area contributed by atoms with Gasteiger partial charge in [0.05, 0.1) is 35.3 Å². The van der Waals surface area contributed by atoms with Crippen molar-refractivity contribution in [2.75, 3.05) is 16.4 Å². The molecule has 5 rings (SSSR count). The Hall–Kier alpha value is -3.00. The highest BCUT2D eigenvalue weighted by Crippen LogP contribution is 2.37. The summed E-state index contributed by atoms with van der Waals surface area (Å²) in [5, 5.41) is 0. The monoisotopic (exact) mass is 423 g/mol. The van der Waals surface area contributed by atoms with Crippen LogP contribution >= 0.6 is 0 Å². The fraction of sp³-hybridized carbons (Fsp3) is 0.318. The predicted molar refractivity (Wildman–Crippen MR) is 113 cm³/mol. The second-order valence-electron chi connectivity index (χ2n) is 8.01. The summed E-state index contributed by atoms with van der Waals surface area (Å²) in [5.74, 6) is 0.312. The molecule has 0 aliphatic carbocycles. The van der Waals surface area contributed by atoms with Gasteiger partial charge in [0.25, 0.3) is 0 Å². The minimum absolute atomic E-state index is 0.117. The smallest absolute Gasteiger partial charge is 0.235 e. The van der Waals surface area contributed by atoms with E-state index in [1.807, 2.05) is 42.5 Å². The van der Waals surface area contributed by atoms with Crippen molar-refractivity contribution in [3.05, 3.63) is 59.9 Å². The van der Waals surface area contributed by atoms with Gasteiger partial charge in [-0.2, -0.15) is 0 Å². The van der Waals surface area contributed by atoms with Gasteiger partial charge < -0.3 is 4.98 Å². The maximum atomic E-state index is 12.7. The van der Waals surface area contributed by atoms with Crippen LogP contribution in [0.5, 0.6) is 0 Å². The lowest BCUT2D eigenvalue weighted by Crippen LogP contribution is -2.28. The predicted octanol–water partition coefficient (Wildman–Crippen LogP) is 2.90. The van der Waals surface area contributed by atoms with E-state index in [0.29, 0.717) is 18.5 Å². The van der Waals surface area contributed by atoms with Gasteiger partial charge in [-0.05, 0) is 48.1 Å². The summed E-state index contributed by atoms with van der Waals surface area (Å²) in [6, 6.07) is 12.5. The van der Waals surface area contributed by atoms with Gasteiger partial charge in [0, 0.05) is 5.69 Å². The first kappa shape index (κ1) is 19.0. The molecule has 2 aliphatic heterocycles. The lowest BCUT2D eigenvalue weighted by molar-refractivity contribution is -0.121. The largest absolute Gasteiger partial charge is 0.345 e. The van der Waals surface area contributed by atoms with Crippen LogP contribution in [0.2, 0.25) is 0 Å². The first-order valence-corrected chi connectivity index (χ1v) is 11.8. The molecular weight excluding hydrogens is 402 g/mol. The van der Waals surface area contributed by atoms with Crippen LogP contribution < -0.4 is 4.90 Å². The number of amides is 1. The number of imidazole rings is 1. The van der Waals surface area contributed by atoms with Gasteiger partial charge >= 0.3 is 0 Å². The summed E-state index contributed by atoms with van der Waals surface area (Å²) in [6.45, 7) is 0. The van der Waals surface area contributed by atoms with Crippen molar-refractivity contribution >= 4 is 38.2 Å². The SMILES string of the molecule is O=C1CC(=O)N(c2ccc3nc[nH]c3c2)C1c1ccc(C2CCS(=O)(=O)CC2)cc1. The van der Waals surface area contributed by atoms with Crippen LogP contribution in [0.15, 0.2) is 48.8 Å². The Morgan fingerprint density at radius 3 is 2.40 bits per heavy atom. The first-order valence-electron chi connectivity index (χ1n) is 9.99. The van der Waals surface area contributed by atoms with Crippen molar-refractivity contribution in [1.82, 2.24) is 9.97 Å². The average molecular weight is 423 g/mol. The molecule has 1 atom stereocenters. The number of nitrogens with zero attached hydrogens (tertiary/aromatic N) is 2. The second kappa shape index (κ2) is 7.05. The molecule has 0 saturated carbocycles. The third kappa shape index (κ3) is 3.31. The quantitative estimate of drug-likeness (QED) is 0.653. The van der Waals surface area contributed by atoms with Crippen LogP contribution in [0.25, 0.3) is 11.0 Å². The number of hydrogen-bond donors (Lipinski definition) is 1. The Bertz CT molecular complexity index is 1230. The molecule has 1 N–H and O–H groups in total. The lowest BCUT2D eigenvalue weighted by atomic mass is 9.91. The molecule has 8 heteroatoms. The molecular formula is C22H21N3O4S. The first-order chi connectivity index (χ1) is 14.4. The lowest BCUT2D eigenvalue weighted by Gasteiger charge is -2.25. The molecule has 2 aromatic carbocycles. The van der Waals surface area contributed by atoms with E-state index in [-0.39, 0.29) is 35.5 Å². The molecule has 2 fully saturated rings. The second-order valence-corrected chi connectivity index (χ2v) is 10.3. The summed E-state index contributed by atoms with van der Waals surface area (Å²) >= 11 is 0. The highest BCUT2D eigenvalue weighted by atomic mass is 32.2. The van der Waals surface area contributed by atoms with Gasteiger partial charge in [-0.1, -0.05) is 24.3 Å². The molecule has 154 valence electrons. The number of nitrogens with one attached hydrogen (secondary N) is 1. The van der Waals surface area contributed by atoms with Crippen LogP contribution in [0.4, 0.5) is 5.69 Å². The van der Waals surface area contributed by atoms with Gasteiger partial charge in [-0.3, -0.25) is 14.5 Å². The van der Waals surface area contributed by atoms with E-state index in [0.717, 1.165) is 22.2 Å². The number of Topliss-reactive ketones (excluding diaryl/α,β-unsaturated/α-hetero) is 1. The molecule has 1 unspecified atom stereocenters. The van der Waals surface area contributed by atoms with Crippen molar-refractivity contribution < 1.29 is 18.0 Å². The molecule has 0 bridgehead atoms. The van der Waals surface area contributed by atoms with Crippen LogP contribution in [-0.4, -0.2) is 41.6 Å². The van der Waals surface area contributed by atoms with Gasteiger partial charge in [0.2, 0.25) is 5.91 Å². The number of fused-ring (bicyclic) bond motifs is 1. The fourth-order valence-corrected chi connectivity index (χ4v) is 5.99. The zero-order valence-electron chi connectivity index (χ0n) is 16.2. The highest BCUT2D eigenvalue weighted by molar-refractivity contribution is 7.91. The Morgan fingerprint density at radius 2 is 1.67 bits per heavy atom. The summed E-state index contributed by atoms with van der Waals surface area (Å²) in [4.78, 5) is 34.1. The molecule has 30 heavy (non-hydrogen) atoms. The molecule has 0 spiro atoms. The standard InChI is InChI=1S/C22H21N3O4S/c26-20-12-21(27)25(17-5-6-18-19(11-17)24-13-23-18)22(20)16-3-1-14(2-4-16)15-7-9-30(28,29)10-8-15/h1-6,11,13,15,22H,7-10,12H2,(H,23,24). The average Bonchev–Trinajstić information content (AvgIpc) is 3.31. The number of rotatable bonds is 3. The maximum absolute atomic E-state index is 12.7. The summed E-state index contributed by atoms with van der Waals surface area (Å²) in [6.07, 6.45) is 2.73. The zero-order chi connectivity index (χ0) is 20.9. The molecule has 0 radical (unpaired) electrons. The Kier molecular flexibility index (Phi) is 4.47. The summed E-state index contributed by atoms with van der Waals surface area (Å²) < 4.78 is 23.4. The minimum atomic E-state index is -2.90. The molecule has 1 amide bonds. The normalized spacial score (nSPS) is 22.1. The number of sulfone groups is 1. The molecule has 2 aliphatic rings. The van der Waals surface area contributed by atoms with Crippen molar-refractivity contribution in [2.24, 2.45) is 0 Å². The highest BCUT2D eigenvalue weighted by Gasteiger charge is 2.40. The topological polar surface area (TPSA) is 100 Å². The van der Waals surface area contributed by atoms with Crippen molar-refractivity contribution in [2.45, 2.75) is 31.2 Å². The molecule has 3 heterocycles. The van der Waals surface area contributed by atoms with Gasteiger partial charge in [0.1, 0.15) is 15.9 Å². The van der Waals surface area contributed by atoms with E-state index in [1.165, 1.54) is 0 Å². The van der Waals surface area contributed by atoms with Gasteiger partial charge in [0.15, 0.2) is 5.78 Å². The Labute approximate surface area is 174 Å². The Morgan fingerprint density at radius 1 is 0.967 bits per heavy atom. The number of ketones is 1. The fourth-order valence-electron chi connectivity index (χ4n) is 4.49. The number of anilines is 1. The third-order valence-electron chi connectivity index (χ3n) is 6.12. The molecule has 3 aromatic rings. The van der Waals surface area contributed by atoms with E-state index in [1.54, 1.807) is 11.2 Å². The van der Waals surface area contributed by atoms with Crippen LogP contribution in [0, 0.1) is 0 Å². The number of carbonyl (C=O) groups is 2. The van der Waals surface area contributed by atoms with E-state index >= 15 is 0 Å².